The van der Waals surface area contributed by atoms with Gasteiger partial charge in [0.15, 0.2) is 0 Å². The van der Waals surface area contributed by atoms with Gasteiger partial charge in [0.25, 0.3) is 0 Å². The molecular weight excluding hydrogens is 352 g/mol. The number of likely N-dealkylation sites (N-methyl/N-ethyl adjacent to an activating group) is 1. The van der Waals surface area contributed by atoms with E-state index >= 15 is 0 Å². The fraction of sp³-hybridized carbons (Fsp3) is 0.636. The van der Waals surface area contributed by atoms with Crippen LogP contribution in [0.1, 0.15) is 51.5 Å². The molecule has 1 aromatic carbocycles. The first-order valence-corrected chi connectivity index (χ1v) is 10.8. The zero-order chi connectivity index (χ0) is 20.2. The lowest BCUT2D eigenvalue weighted by Gasteiger charge is -2.20. The van der Waals surface area contributed by atoms with E-state index in [1.54, 1.807) is 0 Å². The second kappa shape index (κ2) is 12.4. The Hall–Kier alpha value is -2.08. The zero-order valence-corrected chi connectivity index (χ0v) is 17.5. The van der Waals surface area contributed by atoms with Gasteiger partial charge in [0, 0.05) is 38.3 Å². The molecule has 28 heavy (non-hydrogen) atoms. The number of amides is 3. The molecule has 2 N–H and O–H groups in total. The van der Waals surface area contributed by atoms with E-state index in [2.05, 4.69) is 41.5 Å². The van der Waals surface area contributed by atoms with Crippen molar-refractivity contribution in [3.63, 3.8) is 0 Å². The average Bonchev–Trinajstić information content (AvgIpc) is 2.99. The minimum atomic E-state index is -0.264. The van der Waals surface area contributed by atoms with Crippen molar-refractivity contribution >= 4 is 17.6 Å². The highest BCUT2D eigenvalue weighted by molar-refractivity contribution is 5.89. The van der Waals surface area contributed by atoms with Crippen molar-refractivity contribution in [2.24, 2.45) is 0 Å². The molecule has 3 amide bonds. The molecule has 0 radical (unpaired) electrons. The van der Waals surface area contributed by atoms with Gasteiger partial charge in [-0.25, -0.2) is 4.79 Å². The van der Waals surface area contributed by atoms with Gasteiger partial charge in [-0.15, -0.1) is 0 Å². The predicted octanol–water partition coefficient (Wildman–Crippen LogP) is 3.49. The van der Waals surface area contributed by atoms with Crippen LogP contribution in [0, 0.1) is 0 Å². The number of rotatable bonds is 9. The molecule has 0 spiro atoms. The molecule has 1 aromatic rings. The lowest BCUT2D eigenvalue weighted by molar-refractivity contribution is -0.131. The molecule has 6 nitrogen and oxygen atoms in total. The second-order valence-corrected chi connectivity index (χ2v) is 7.40. The number of hydrogen-bond acceptors (Lipinski definition) is 3. The minimum Gasteiger partial charge on any atom is -0.343 e. The molecule has 2 rings (SSSR count). The van der Waals surface area contributed by atoms with Gasteiger partial charge in [-0.3, -0.25) is 4.79 Å². The Kier molecular flexibility index (Phi) is 9.83. The van der Waals surface area contributed by atoms with Gasteiger partial charge >= 0.3 is 6.03 Å². The van der Waals surface area contributed by atoms with E-state index < -0.39 is 0 Å². The Labute approximate surface area is 169 Å². The maximum atomic E-state index is 12.2. The number of nitrogens with zero attached hydrogens (tertiary/aromatic N) is 2. The Bertz CT molecular complexity index is 591. The summed E-state index contributed by atoms with van der Waals surface area (Å²) in [6, 6.07) is 7.71. The van der Waals surface area contributed by atoms with Gasteiger partial charge in [-0.1, -0.05) is 38.8 Å². The SMILES string of the molecule is CCN(CC)CCc1ccc(NC(=O)NCCC(=O)N2CCCCCC2)cc1. The summed E-state index contributed by atoms with van der Waals surface area (Å²) >= 11 is 0. The lowest BCUT2D eigenvalue weighted by Crippen LogP contribution is -2.36. The van der Waals surface area contributed by atoms with E-state index in [-0.39, 0.29) is 11.9 Å². The van der Waals surface area contributed by atoms with Crippen molar-refractivity contribution < 1.29 is 9.59 Å². The van der Waals surface area contributed by atoms with Gasteiger partial charge in [0.05, 0.1) is 0 Å². The second-order valence-electron chi connectivity index (χ2n) is 7.40. The van der Waals surface area contributed by atoms with Gasteiger partial charge in [-0.2, -0.15) is 0 Å². The third-order valence-electron chi connectivity index (χ3n) is 5.41. The fourth-order valence-electron chi connectivity index (χ4n) is 3.52. The first-order valence-electron chi connectivity index (χ1n) is 10.8. The average molecular weight is 389 g/mol. The van der Waals surface area contributed by atoms with Crippen molar-refractivity contribution in [1.29, 1.82) is 0 Å². The Morgan fingerprint density at radius 1 is 1.00 bits per heavy atom. The summed E-state index contributed by atoms with van der Waals surface area (Å²) in [6.45, 7) is 9.60. The first kappa shape index (κ1) is 22.2. The number of anilines is 1. The van der Waals surface area contributed by atoms with Crippen molar-refractivity contribution in [3.05, 3.63) is 29.8 Å². The largest absolute Gasteiger partial charge is 0.343 e. The van der Waals surface area contributed by atoms with Crippen LogP contribution in [-0.4, -0.2) is 61.0 Å². The molecule has 1 saturated heterocycles. The van der Waals surface area contributed by atoms with Gasteiger partial charge in [-0.05, 0) is 50.0 Å². The number of nitrogens with one attached hydrogen (secondary N) is 2. The summed E-state index contributed by atoms with van der Waals surface area (Å²) in [4.78, 5) is 28.6. The Morgan fingerprint density at radius 3 is 2.25 bits per heavy atom. The highest BCUT2D eigenvalue weighted by Crippen LogP contribution is 2.11. The standard InChI is InChI=1S/C22H36N4O2/c1-3-25(4-2)18-14-19-9-11-20(12-10-19)24-22(28)23-15-13-21(27)26-16-7-5-6-8-17-26/h9-12H,3-8,13-18H2,1-2H3,(H2,23,24,28). The zero-order valence-electron chi connectivity index (χ0n) is 17.5. The normalized spacial score (nSPS) is 14.6. The van der Waals surface area contributed by atoms with Crippen molar-refractivity contribution in [1.82, 2.24) is 15.1 Å². The molecule has 0 aromatic heterocycles. The summed E-state index contributed by atoms with van der Waals surface area (Å²) in [7, 11) is 0. The molecule has 0 unspecified atom stereocenters. The summed E-state index contributed by atoms with van der Waals surface area (Å²) in [5.74, 6) is 0.139. The van der Waals surface area contributed by atoms with Crippen LogP contribution in [-0.2, 0) is 11.2 Å². The molecule has 1 aliphatic rings. The number of likely N-dealkylation sites (tertiary alicyclic amines) is 1. The lowest BCUT2D eigenvalue weighted by atomic mass is 10.1. The van der Waals surface area contributed by atoms with Crippen molar-refractivity contribution in [3.8, 4) is 0 Å². The summed E-state index contributed by atoms with van der Waals surface area (Å²) in [6.07, 6.45) is 5.96. The third-order valence-corrected chi connectivity index (χ3v) is 5.41. The maximum Gasteiger partial charge on any atom is 0.319 e. The van der Waals surface area contributed by atoms with E-state index in [4.69, 9.17) is 0 Å². The van der Waals surface area contributed by atoms with E-state index in [9.17, 15) is 9.59 Å². The van der Waals surface area contributed by atoms with Crippen molar-refractivity contribution in [2.75, 3.05) is 44.6 Å². The smallest absolute Gasteiger partial charge is 0.319 e. The number of carbonyl (C=O) groups is 2. The van der Waals surface area contributed by atoms with Crippen LogP contribution >= 0.6 is 0 Å². The molecule has 1 aliphatic heterocycles. The fourth-order valence-corrected chi connectivity index (χ4v) is 3.52. The number of benzene rings is 1. The number of hydrogen-bond donors (Lipinski definition) is 2. The predicted molar refractivity (Wildman–Crippen MR) is 115 cm³/mol. The molecular formula is C22H36N4O2. The summed E-state index contributed by atoms with van der Waals surface area (Å²) in [5.41, 5.74) is 2.03. The molecule has 6 heteroatoms. The van der Waals surface area contributed by atoms with Gasteiger partial charge in [0.2, 0.25) is 5.91 Å². The maximum absolute atomic E-state index is 12.2. The quantitative estimate of drug-likeness (QED) is 0.681. The van der Waals surface area contributed by atoms with E-state index in [0.717, 1.165) is 57.7 Å². The highest BCUT2D eigenvalue weighted by Gasteiger charge is 2.15. The monoisotopic (exact) mass is 388 g/mol. The van der Waals surface area contributed by atoms with E-state index in [1.165, 1.54) is 18.4 Å². The molecule has 156 valence electrons. The Balaban J connectivity index is 1.67. The van der Waals surface area contributed by atoms with Crippen LogP contribution in [0.5, 0.6) is 0 Å². The van der Waals surface area contributed by atoms with Crippen LogP contribution < -0.4 is 10.6 Å². The molecule has 1 fully saturated rings. The first-order chi connectivity index (χ1) is 13.6. The number of carbonyl (C=O) groups excluding carboxylic acids is 2. The van der Waals surface area contributed by atoms with Crippen LogP contribution in [0.4, 0.5) is 10.5 Å². The molecule has 0 bridgehead atoms. The Morgan fingerprint density at radius 2 is 1.64 bits per heavy atom. The van der Waals surface area contributed by atoms with Crippen LogP contribution in [0.3, 0.4) is 0 Å². The number of urea groups is 1. The summed E-state index contributed by atoms with van der Waals surface area (Å²) < 4.78 is 0. The highest BCUT2D eigenvalue weighted by atomic mass is 16.2. The van der Waals surface area contributed by atoms with E-state index in [0.29, 0.717) is 13.0 Å². The molecule has 0 atom stereocenters. The van der Waals surface area contributed by atoms with Crippen LogP contribution in [0.15, 0.2) is 24.3 Å². The molecule has 0 aliphatic carbocycles. The topological polar surface area (TPSA) is 64.7 Å². The van der Waals surface area contributed by atoms with E-state index in [1.807, 2.05) is 17.0 Å². The van der Waals surface area contributed by atoms with Crippen LogP contribution in [0.2, 0.25) is 0 Å². The summed E-state index contributed by atoms with van der Waals surface area (Å²) in [5, 5.41) is 5.62. The minimum absolute atomic E-state index is 0.139. The molecule has 1 heterocycles. The third kappa shape index (κ3) is 7.89. The van der Waals surface area contributed by atoms with Gasteiger partial charge in [0.1, 0.15) is 0 Å². The van der Waals surface area contributed by atoms with Crippen molar-refractivity contribution in [2.45, 2.75) is 52.4 Å². The van der Waals surface area contributed by atoms with Crippen LogP contribution in [0.25, 0.3) is 0 Å². The molecule has 0 saturated carbocycles. The van der Waals surface area contributed by atoms with Gasteiger partial charge < -0.3 is 20.4 Å².